The van der Waals surface area contributed by atoms with E-state index in [9.17, 15) is 4.79 Å². The first kappa shape index (κ1) is 13.1. The van der Waals surface area contributed by atoms with Crippen LogP contribution in [0.15, 0.2) is 24.3 Å². The van der Waals surface area contributed by atoms with E-state index < -0.39 is 0 Å². The molecular weight excluding hydrogens is 224 g/mol. The van der Waals surface area contributed by atoms with Crippen LogP contribution in [-0.2, 0) is 0 Å². The van der Waals surface area contributed by atoms with Gasteiger partial charge in [0, 0.05) is 25.2 Å². The van der Waals surface area contributed by atoms with Gasteiger partial charge in [-0.2, -0.15) is 0 Å². The highest BCUT2D eigenvalue weighted by Crippen LogP contribution is 2.21. The Morgan fingerprint density at radius 2 is 2.11 bits per heavy atom. The Labute approximate surface area is 109 Å². The Balaban J connectivity index is 2.22. The number of carbonyl (C=O) groups is 1. The molecule has 1 aromatic rings. The van der Waals surface area contributed by atoms with Crippen molar-refractivity contribution in [1.29, 1.82) is 0 Å². The van der Waals surface area contributed by atoms with Gasteiger partial charge in [0.2, 0.25) is 0 Å². The summed E-state index contributed by atoms with van der Waals surface area (Å²) in [6, 6.07) is 8.27. The van der Waals surface area contributed by atoms with Crippen molar-refractivity contribution in [3.8, 4) is 0 Å². The van der Waals surface area contributed by atoms with Crippen molar-refractivity contribution in [2.24, 2.45) is 0 Å². The molecule has 3 heteroatoms. The van der Waals surface area contributed by atoms with Crippen molar-refractivity contribution < 1.29 is 4.79 Å². The van der Waals surface area contributed by atoms with E-state index in [1.807, 2.05) is 30.1 Å². The normalized spacial score (nSPS) is 19.2. The molecule has 0 saturated carbocycles. The number of amides is 1. The van der Waals surface area contributed by atoms with Crippen LogP contribution in [0.5, 0.6) is 0 Å². The number of hydrogen-bond acceptors (Lipinski definition) is 2. The number of benzene rings is 1. The molecule has 98 valence electrons. The Bertz CT molecular complexity index is 422. The first-order valence-electron chi connectivity index (χ1n) is 6.68. The van der Waals surface area contributed by atoms with Gasteiger partial charge in [-0.05, 0) is 30.5 Å². The quantitative estimate of drug-likeness (QED) is 0.887. The highest BCUT2D eigenvalue weighted by atomic mass is 16.2. The van der Waals surface area contributed by atoms with Gasteiger partial charge in [0.25, 0.3) is 5.91 Å². The summed E-state index contributed by atoms with van der Waals surface area (Å²) >= 11 is 0. The lowest BCUT2D eigenvalue weighted by molar-refractivity contribution is 0.0742. The van der Waals surface area contributed by atoms with Crippen LogP contribution in [0.25, 0.3) is 0 Å². The van der Waals surface area contributed by atoms with Crippen LogP contribution in [0.1, 0.15) is 42.1 Å². The summed E-state index contributed by atoms with van der Waals surface area (Å²) in [6.45, 7) is 6.17. The summed E-state index contributed by atoms with van der Waals surface area (Å²) in [5, 5.41) is 3.30. The minimum Gasteiger partial charge on any atom is -0.337 e. The van der Waals surface area contributed by atoms with Crippen LogP contribution in [0.4, 0.5) is 0 Å². The van der Waals surface area contributed by atoms with Crippen molar-refractivity contribution in [1.82, 2.24) is 10.2 Å². The summed E-state index contributed by atoms with van der Waals surface area (Å²) in [7, 11) is 1.91. The lowest BCUT2D eigenvalue weighted by Crippen LogP contribution is -2.38. The third-order valence-electron chi connectivity index (χ3n) is 3.72. The molecule has 0 bridgehead atoms. The van der Waals surface area contributed by atoms with E-state index in [1.54, 1.807) is 0 Å². The second-order valence-electron chi connectivity index (χ2n) is 5.30. The van der Waals surface area contributed by atoms with Gasteiger partial charge in [-0.15, -0.1) is 0 Å². The minimum atomic E-state index is 0.146. The van der Waals surface area contributed by atoms with Gasteiger partial charge in [-0.3, -0.25) is 4.79 Å². The molecule has 3 nitrogen and oxygen atoms in total. The van der Waals surface area contributed by atoms with Gasteiger partial charge in [-0.1, -0.05) is 32.0 Å². The van der Waals surface area contributed by atoms with Gasteiger partial charge in [0.1, 0.15) is 0 Å². The smallest absolute Gasteiger partial charge is 0.254 e. The van der Waals surface area contributed by atoms with Crippen LogP contribution in [0.3, 0.4) is 0 Å². The van der Waals surface area contributed by atoms with Crippen molar-refractivity contribution in [3.05, 3.63) is 35.4 Å². The number of nitrogens with one attached hydrogen (secondary N) is 1. The van der Waals surface area contributed by atoms with E-state index >= 15 is 0 Å². The monoisotopic (exact) mass is 246 g/mol. The van der Waals surface area contributed by atoms with Crippen LogP contribution in [0, 0.1) is 0 Å². The molecule has 0 aromatic heterocycles. The van der Waals surface area contributed by atoms with Gasteiger partial charge in [0.05, 0.1) is 0 Å². The number of rotatable bonds is 3. The molecule has 0 aliphatic carbocycles. The second-order valence-corrected chi connectivity index (χ2v) is 5.30. The number of nitrogens with zero attached hydrogens (tertiary/aromatic N) is 1. The summed E-state index contributed by atoms with van der Waals surface area (Å²) in [4.78, 5) is 14.4. The molecule has 0 radical (unpaired) electrons. The molecule has 1 aliphatic rings. The van der Waals surface area contributed by atoms with Crippen LogP contribution >= 0.6 is 0 Å². The summed E-state index contributed by atoms with van der Waals surface area (Å²) in [5.74, 6) is 0.522. The molecule has 2 rings (SSSR count). The third-order valence-corrected chi connectivity index (χ3v) is 3.72. The number of likely N-dealkylation sites (N-methyl/N-ethyl adjacent to an activating group) is 1. The summed E-state index contributed by atoms with van der Waals surface area (Å²) in [5.41, 5.74) is 1.99. The molecule has 0 unspecified atom stereocenters. The topological polar surface area (TPSA) is 32.3 Å². The average Bonchev–Trinajstić information content (AvgIpc) is 2.90. The molecular formula is C15H22N2O. The zero-order valence-corrected chi connectivity index (χ0v) is 11.4. The zero-order valence-electron chi connectivity index (χ0n) is 11.4. The van der Waals surface area contributed by atoms with Gasteiger partial charge < -0.3 is 10.2 Å². The molecule has 1 amide bonds. The largest absolute Gasteiger partial charge is 0.337 e. The first-order valence-corrected chi connectivity index (χ1v) is 6.68. The first-order chi connectivity index (χ1) is 8.61. The SMILES string of the molecule is CC(C)c1ccccc1C(=O)N(C)[C@@H]1CCNC1. The Morgan fingerprint density at radius 3 is 2.72 bits per heavy atom. The fraction of sp³-hybridized carbons (Fsp3) is 0.533. The van der Waals surface area contributed by atoms with Crippen LogP contribution in [-0.4, -0.2) is 37.0 Å². The molecule has 1 N–H and O–H groups in total. The lowest BCUT2D eigenvalue weighted by Gasteiger charge is -2.25. The number of hydrogen-bond donors (Lipinski definition) is 1. The lowest BCUT2D eigenvalue weighted by atomic mass is 9.96. The Kier molecular flexibility index (Phi) is 4.02. The molecule has 1 heterocycles. The van der Waals surface area contributed by atoms with E-state index in [4.69, 9.17) is 0 Å². The molecule has 1 atom stereocenters. The van der Waals surface area contributed by atoms with Crippen molar-refractivity contribution in [2.45, 2.75) is 32.2 Å². The fourth-order valence-electron chi connectivity index (χ4n) is 2.52. The predicted octanol–water partition coefficient (Wildman–Crippen LogP) is 2.24. The van der Waals surface area contributed by atoms with E-state index in [1.165, 1.54) is 0 Å². The third kappa shape index (κ3) is 2.56. The standard InChI is InChI=1S/C15H22N2O/c1-11(2)13-6-4-5-7-14(13)15(18)17(3)12-8-9-16-10-12/h4-7,11-12,16H,8-10H2,1-3H3/t12-/m1/s1. The predicted molar refractivity (Wildman–Crippen MR) is 73.9 cm³/mol. The van der Waals surface area contributed by atoms with Crippen molar-refractivity contribution in [3.63, 3.8) is 0 Å². The van der Waals surface area contributed by atoms with Gasteiger partial charge in [-0.25, -0.2) is 0 Å². The Hall–Kier alpha value is -1.35. The molecule has 1 saturated heterocycles. The van der Waals surface area contributed by atoms with Crippen molar-refractivity contribution >= 4 is 5.91 Å². The van der Waals surface area contributed by atoms with Gasteiger partial charge in [0.15, 0.2) is 0 Å². The summed E-state index contributed by atoms with van der Waals surface area (Å²) < 4.78 is 0. The van der Waals surface area contributed by atoms with Crippen molar-refractivity contribution in [2.75, 3.05) is 20.1 Å². The maximum absolute atomic E-state index is 12.6. The summed E-state index contributed by atoms with van der Waals surface area (Å²) in [6.07, 6.45) is 1.05. The Morgan fingerprint density at radius 1 is 1.39 bits per heavy atom. The fourth-order valence-corrected chi connectivity index (χ4v) is 2.52. The highest BCUT2D eigenvalue weighted by Gasteiger charge is 2.25. The maximum Gasteiger partial charge on any atom is 0.254 e. The highest BCUT2D eigenvalue weighted by molar-refractivity contribution is 5.96. The van der Waals surface area contributed by atoms with Crippen LogP contribution in [0.2, 0.25) is 0 Å². The van der Waals surface area contributed by atoms with E-state index in [2.05, 4.69) is 25.2 Å². The molecule has 1 aliphatic heterocycles. The molecule has 1 fully saturated rings. The van der Waals surface area contributed by atoms with E-state index in [0.717, 1.165) is 30.6 Å². The molecule has 1 aromatic carbocycles. The minimum absolute atomic E-state index is 0.146. The second kappa shape index (κ2) is 5.53. The van der Waals surface area contributed by atoms with Crippen LogP contribution < -0.4 is 5.32 Å². The maximum atomic E-state index is 12.6. The van der Waals surface area contributed by atoms with E-state index in [0.29, 0.717) is 12.0 Å². The average molecular weight is 246 g/mol. The molecule has 0 spiro atoms. The van der Waals surface area contributed by atoms with E-state index in [-0.39, 0.29) is 5.91 Å². The molecule has 18 heavy (non-hydrogen) atoms. The zero-order chi connectivity index (χ0) is 13.1. The number of carbonyl (C=O) groups excluding carboxylic acids is 1. The van der Waals surface area contributed by atoms with Gasteiger partial charge >= 0.3 is 0 Å².